The maximum absolute atomic E-state index is 11.1. The van der Waals surface area contributed by atoms with Crippen LogP contribution in [0.5, 0.6) is 17.2 Å². The number of methoxy groups -OCH3 is 2. The summed E-state index contributed by atoms with van der Waals surface area (Å²) in [5.74, 6) is 1.01. The highest BCUT2D eigenvalue weighted by Gasteiger charge is 2.11. The predicted molar refractivity (Wildman–Crippen MR) is 72.0 cm³/mol. The summed E-state index contributed by atoms with van der Waals surface area (Å²) < 4.78 is 10.1. The molecule has 4 nitrogen and oxygen atoms in total. The quantitative estimate of drug-likeness (QED) is 0.857. The van der Waals surface area contributed by atoms with E-state index in [0.717, 1.165) is 17.6 Å². The van der Waals surface area contributed by atoms with Crippen LogP contribution in [-0.2, 0) is 0 Å². The normalized spacial score (nSPS) is 10.0. The van der Waals surface area contributed by atoms with Crippen LogP contribution in [0, 0.1) is 0 Å². The van der Waals surface area contributed by atoms with E-state index < -0.39 is 0 Å². The van der Waals surface area contributed by atoms with E-state index in [0.29, 0.717) is 11.1 Å². The summed E-state index contributed by atoms with van der Waals surface area (Å²) in [6, 6.07) is 10.3. The Morgan fingerprint density at radius 1 is 1.05 bits per heavy atom. The van der Waals surface area contributed by atoms with Crippen LogP contribution in [0.15, 0.2) is 36.4 Å². The number of rotatable bonds is 4. The molecule has 0 fully saturated rings. The first kappa shape index (κ1) is 13.0. The number of benzene rings is 2. The summed E-state index contributed by atoms with van der Waals surface area (Å²) in [4.78, 5) is 11.1. The smallest absolute Gasteiger partial charge is 0.161 e. The minimum absolute atomic E-state index is 0.00100. The van der Waals surface area contributed by atoms with Crippen molar-refractivity contribution in [2.75, 3.05) is 14.2 Å². The minimum Gasteiger partial charge on any atom is -0.504 e. The lowest BCUT2D eigenvalue weighted by atomic mass is 9.99. The molecule has 0 saturated carbocycles. The van der Waals surface area contributed by atoms with Crippen LogP contribution in [0.25, 0.3) is 11.1 Å². The number of phenols is 1. The molecule has 1 N–H and O–H groups in total. The number of hydrogen-bond acceptors (Lipinski definition) is 4. The minimum atomic E-state index is -0.00100. The summed E-state index contributed by atoms with van der Waals surface area (Å²) in [7, 11) is 3.03. The molecule has 0 aliphatic rings. The van der Waals surface area contributed by atoms with Crippen molar-refractivity contribution in [1.29, 1.82) is 0 Å². The molecule has 2 aromatic rings. The molecule has 0 amide bonds. The fraction of sp³-hybridized carbons (Fsp3) is 0.133. The summed E-state index contributed by atoms with van der Waals surface area (Å²) in [6.07, 6.45) is 0.738. The van der Waals surface area contributed by atoms with Gasteiger partial charge in [-0.15, -0.1) is 0 Å². The average Bonchev–Trinajstić information content (AvgIpc) is 2.47. The van der Waals surface area contributed by atoms with E-state index >= 15 is 0 Å². The van der Waals surface area contributed by atoms with Crippen molar-refractivity contribution >= 4 is 6.29 Å². The summed E-state index contributed by atoms with van der Waals surface area (Å²) in [5.41, 5.74) is 1.93. The predicted octanol–water partition coefficient (Wildman–Crippen LogP) is 2.89. The second-order valence-corrected chi connectivity index (χ2v) is 3.96. The second-order valence-electron chi connectivity index (χ2n) is 3.96. The fourth-order valence-electron chi connectivity index (χ4n) is 1.87. The average molecular weight is 258 g/mol. The molecule has 0 saturated heterocycles. The van der Waals surface area contributed by atoms with Crippen molar-refractivity contribution in [3.8, 4) is 28.4 Å². The SMILES string of the molecule is COc1ccc(-c2cc(O)c(OC)cc2C=O)cc1. The first-order valence-electron chi connectivity index (χ1n) is 5.70. The van der Waals surface area contributed by atoms with Gasteiger partial charge in [0, 0.05) is 5.56 Å². The van der Waals surface area contributed by atoms with Crippen LogP contribution in [-0.4, -0.2) is 25.6 Å². The summed E-state index contributed by atoms with van der Waals surface area (Å²) in [5, 5.41) is 9.81. The van der Waals surface area contributed by atoms with Gasteiger partial charge in [0.25, 0.3) is 0 Å². The highest BCUT2D eigenvalue weighted by atomic mass is 16.5. The van der Waals surface area contributed by atoms with E-state index in [1.165, 1.54) is 19.2 Å². The van der Waals surface area contributed by atoms with E-state index in [4.69, 9.17) is 9.47 Å². The molecule has 4 heteroatoms. The van der Waals surface area contributed by atoms with E-state index in [9.17, 15) is 9.90 Å². The Hall–Kier alpha value is -2.49. The van der Waals surface area contributed by atoms with Crippen molar-refractivity contribution < 1.29 is 19.4 Å². The number of aromatic hydroxyl groups is 1. The lowest BCUT2D eigenvalue weighted by Gasteiger charge is -2.10. The number of phenolic OH excluding ortho intramolecular Hbond substituents is 1. The molecule has 0 aliphatic heterocycles. The topological polar surface area (TPSA) is 55.8 Å². The van der Waals surface area contributed by atoms with Crippen molar-refractivity contribution in [1.82, 2.24) is 0 Å². The van der Waals surface area contributed by atoms with Crippen LogP contribution >= 0.6 is 0 Å². The van der Waals surface area contributed by atoms with Crippen LogP contribution in [0.3, 0.4) is 0 Å². The van der Waals surface area contributed by atoms with Gasteiger partial charge >= 0.3 is 0 Å². The Morgan fingerprint density at radius 3 is 2.26 bits per heavy atom. The lowest BCUT2D eigenvalue weighted by molar-refractivity contribution is 0.112. The highest BCUT2D eigenvalue weighted by Crippen LogP contribution is 2.34. The molecule has 0 unspecified atom stereocenters. The molecule has 0 aliphatic carbocycles. The van der Waals surface area contributed by atoms with E-state index in [1.54, 1.807) is 19.2 Å². The van der Waals surface area contributed by atoms with E-state index in [2.05, 4.69) is 0 Å². The maximum Gasteiger partial charge on any atom is 0.161 e. The van der Waals surface area contributed by atoms with Gasteiger partial charge in [0.05, 0.1) is 14.2 Å². The molecule has 2 aromatic carbocycles. The molecule has 0 atom stereocenters. The number of carbonyl (C=O) groups is 1. The Bertz CT molecular complexity index is 588. The van der Waals surface area contributed by atoms with Gasteiger partial charge in [-0.25, -0.2) is 0 Å². The Labute approximate surface area is 111 Å². The standard InChI is InChI=1S/C15H14O4/c1-18-12-5-3-10(4-6-12)13-8-14(17)15(19-2)7-11(13)9-16/h3-9,17H,1-2H3. The molecular weight excluding hydrogens is 244 g/mol. The van der Waals surface area contributed by atoms with Crippen molar-refractivity contribution in [2.24, 2.45) is 0 Å². The van der Waals surface area contributed by atoms with Crippen molar-refractivity contribution in [2.45, 2.75) is 0 Å². The van der Waals surface area contributed by atoms with Gasteiger partial charge in [0.15, 0.2) is 17.8 Å². The third-order valence-corrected chi connectivity index (χ3v) is 2.88. The monoisotopic (exact) mass is 258 g/mol. The zero-order valence-corrected chi connectivity index (χ0v) is 10.7. The third kappa shape index (κ3) is 2.52. The Balaban J connectivity index is 2.53. The maximum atomic E-state index is 11.1. The van der Waals surface area contributed by atoms with Crippen LogP contribution < -0.4 is 9.47 Å². The second kappa shape index (κ2) is 5.44. The van der Waals surface area contributed by atoms with Gasteiger partial charge in [0.2, 0.25) is 0 Å². The molecule has 0 heterocycles. The largest absolute Gasteiger partial charge is 0.504 e. The van der Waals surface area contributed by atoms with Crippen LogP contribution in [0.4, 0.5) is 0 Å². The summed E-state index contributed by atoms with van der Waals surface area (Å²) in [6.45, 7) is 0. The highest BCUT2D eigenvalue weighted by molar-refractivity contribution is 5.89. The molecule has 0 bridgehead atoms. The molecule has 19 heavy (non-hydrogen) atoms. The van der Waals surface area contributed by atoms with E-state index in [-0.39, 0.29) is 11.5 Å². The molecule has 2 rings (SSSR count). The Kier molecular flexibility index (Phi) is 3.71. The van der Waals surface area contributed by atoms with Crippen LogP contribution in [0.1, 0.15) is 10.4 Å². The molecule has 0 radical (unpaired) electrons. The number of ether oxygens (including phenoxy) is 2. The van der Waals surface area contributed by atoms with Crippen molar-refractivity contribution in [3.05, 3.63) is 42.0 Å². The van der Waals surface area contributed by atoms with Gasteiger partial charge in [-0.05, 0) is 35.4 Å². The Morgan fingerprint density at radius 2 is 1.74 bits per heavy atom. The fourth-order valence-corrected chi connectivity index (χ4v) is 1.87. The number of carbonyl (C=O) groups excluding carboxylic acids is 1. The lowest BCUT2D eigenvalue weighted by Crippen LogP contribution is -1.92. The number of hydrogen-bond donors (Lipinski definition) is 1. The van der Waals surface area contributed by atoms with Crippen LogP contribution in [0.2, 0.25) is 0 Å². The number of aldehydes is 1. The zero-order valence-electron chi connectivity index (χ0n) is 10.7. The first-order chi connectivity index (χ1) is 9.19. The van der Waals surface area contributed by atoms with Gasteiger partial charge in [-0.2, -0.15) is 0 Å². The molecule has 0 spiro atoms. The zero-order chi connectivity index (χ0) is 13.8. The van der Waals surface area contributed by atoms with E-state index in [1.807, 2.05) is 12.1 Å². The van der Waals surface area contributed by atoms with Gasteiger partial charge in [0.1, 0.15) is 5.75 Å². The third-order valence-electron chi connectivity index (χ3n) is 2.88. The van der Waals surface area contributed by atoms with Gasteiger partial charge in [-0.3, -0.25) is 4.79 Å². The molecular formula is C15H14O4. The first-order valence-corrected chi connectivity index (χ1v) is 5.70. The summed E-state index contributed by atoms with van der Waals surface area (Å²) >= 11 is 0. The van der Waals surface area contributed by atoms with Gasteiger partial charge < -0.3 is 14.6 Å². The van der Waals surface area contributed by atoms with Gasteiger partial charge in [-0.1, -0.05) is 12.1 Å². The molecule has 0 aromatic heterocycles. The molecule has 98 valence electrons. The van der Waals surface area contributed by atoms with Crippen molar-refractivity contribution in [3.63, 3.8) is 0 Å².